The minimum Gasteiger partial charge on any atom is -0.768 e. The van der Waals surface area contributed by atoms with E-state index in [0.717, 1.165) is 0 Å². The average Bonchev–Trinajstić information content (AvgIpc) is 2.16. The predicted molar refractivity (Wildman–Crippen MR) is 48.9 cm³/mol. The molecule has 82 valence electrons. The van der Waals surface area contributed by atoms with Crippen LogP contribution in [0.25, 0.3) is 0 Å². The largest absolute Gasteiger partial charge is 1.00 e. The number of benzene rings is 1. The zero-order valence-corrected chi connectivity index (χ0v) is 14.7. The fourth-order valence-electron chi connectivity index (χ4n) is 1.13. The molecule has 1 unspecified atom stereocenters. The molecule has 0 aliphatic rings. The molecule has 17 heavy (non-hydrogen) atoms. The van der Waals surface area contributed by atoms with Crippen molar-refractivity contribution >= 4 is 17.0 Å². The van der Waals surface area contributed by atoms with E-state index in [1.165, 1.54) is 25.3 Å². The summed E-state index contributed by atoms with van der Waals surface area (Å²) in [5, 5.41) is 10.3. The SMILES string of the molecule is COc1ccc(CC(=O)[O-])cc1S(=O)[O-].[Na+].[Na+]. The summed E-state index contributed by atoms with van der Waals surface area (Å²) in [6.07, 6.45) is -0.325. The molecule has 0 heterocycles. The first-order chi connectivity index (χ1) is 7.04. The Bertz CT molecular complexity index is 410. The molecule has 0 saturated heterocycles. The molecule has 8 heteroatoms. The van der Waals surface area contributed by atoms with E-state index in [1.54, 1.807) is 0 Å². The van der Waals surface area contributed by atoms with E-state index in [-0.39, 0.29) is 76.2 Å². The van der Waals surface area contributed by atoms with Crippen LogP contribution in [-0.4, -0.2) is 21.8 Å². The van der Waals surface area contributed by atoms with Gasteiger partial charge in [0.15, 0.2) is 0 Å². The molecular weight excluding hydrogens is 266 g/mol. The maximum Gasteiger partial charge on any atom is 1.00 e. The van der Waals surface area contributed by atoms with Crippen LogP contribution in [0, 0.1) is 0 Å². The second kappa shape index (κ2) is 9.52. The van der Waals surface area contributed by atoms with Gasteiger partial charge in [0.1, 0.15) is 5.75 Å². The summed E-state index contributed by atoms with van der Waals surface area (Å²) in [4.78, 5) is 10.2. The van der Waals surface area contributed by atoms with Gasteiger partial charge >= 0.3 is 59.1 Å². The third-order valence-electron chi connectivity index (χ3n) is 1.76. The molecule has 0 fully saturated rings. The Morgan fingerprint density at radius 1 is 1.41 bits per heavy atom. The van der Waals surface area contributed by atoms with Crippen molar-refractivity contribution in [2.24, 2.45) is 0 Å². The number of ether oxygens (including phenoxy) is 1. The van der Waals surface area contributed by atoms with Crippen molar-refractivity contribution in [2.75, 3.05) is 7.11 Å². The molecule has 0 bridgehead atoms. The topological polar surface area (TPSA) is 89.5 Å². The first kappa shape index (κ1) is 19.9. The number of aliphatic carboxylic acids is 1. The monoisotopic (exact) mass is 274 g/mol. The molecule has 0 spiro atoms. The number of carboxylic acid groups (broad SMARTS) is 1. The number of rotatable bonds is 4. The van der Waals surface area contributed by atoms with Crippen LogP contribution in [0.3, 0.4) is 0 Å². The quantitative estimate of drug-likeness (QED) is 0.402. The van der Waals surface area contributed by atoms with E-state index in [9.17, 15) is 18.7 Å². The summed E-state index contributed by atoms with van der Waals surface area (Å²) in [5.41, 5.74) is 0.356. The van der Waals surface area contributed by atoms with E-state index in [1.807, 2.05) is 0 Å². The van der Waals surface area contributed by atoms with Crippen molar-refractivity contribution in [3.8, 4) is 5.75 Å². The molecule has 0 N–H and O–H groups in total. The average molecular weight is 274 g/mol. The van der Waals surface area contributed by atoms with E-state index in [0.29, 0.717) is 5.56 Å². The Labute approximate surface area is 146 Å². The van der Waals surface area contributed by atoms with Gasteiger partial charge in [-0.05, 0) is 28.8 Å². The number of hydrogen-bond donors (Lipinski definition) is 0. The second-order valence-electron chi connectivity index (χ2n) is 2.77. The maximum atomic E-state index is 10.8. The Balaban J connectivity index is 0. The van der Waals surface area contributed by atoms with Crippen molar-refractivity contribution < 1.29 is 82.5 Å². The molecule has 5 nitrogen and oxygen atoms in total. The van der Waals surface area contributed by atoms with Gasteiger partial charge in [-0.1, -0.05) is 6.07 Å². The van der Waals surface area contributed by atoms with E-state index < -0.39 is 17.0 Å². The Morgan fingerprint density at radius 3 is 2.41 bits per heavy atom. The molecule has 1 aromatic carbocycles. The first-order valence-electron chi connectivity index (χ1n) is 4.00. The van der Waals surface area contributed by atoms with Crippen LogP contribution in [0.4, 0.5) is 0 Å². The molecule has 0 aliphatic carbocycles. The molecule has 0 radical (unpaired) electrons. The van der Waals surface area contributed by atoms with Crippen molar-refractivity contribution in [2.45, 2.75) is 11.3 Å². The number of carboxylic acids is 1. The Hall–Kier alpha value is 0.600. The smallest absolute Gasteiger partial charge is 0.768 e. The predicted octanol–water partition coefficient (Wildman–Crippen LogP) is -6.77. The number of carbonyl (C=O) groups is 1. The van der Waals surface area contributed by atoms with Crippen LogP contribution < -0.4 is 69.0 Å². The van der Waals surface area contributed by atoms with Crippen molar-refractivity contribution in [1.29, 1.82) is 0 Å². The Kier molecular flexibility index (Phi) is 11.2. The third-order valence-corrected chi connectivity index (χ3v) is 2.43. The minimum absolute atomic E-state index is 0. The summed E-state index contributed by atoms with van der Waals surface area (Å²) in [6, 6.07) is 4.13. The van der Waals surface area contributed by atoms with Crippen LogP contribution in [0.1, 0.15) is 5.56 Å². The zero-order chi connectivity index (χ0) is 11.4. The fraction of sp³-hybridized carbons (Fsp3) is 0.222. The molecule has 0 aromatic heterocycles. The van der Waals surface area contributed by atoms with Gasteiger partial charge in [-0.15, -0.1) is 0 Å². The molecule has 0 aliphatic heterocycles. The fourth-order valence-corrected chi connectivity index (χ4v) is 1.69. The van der Waals surface area contributed by atoms with Gasteiger partial charge in [0, 0.05) is 12.4 Å². The summed E-state index contributed by atoms with van der Waals surface area (Å²) in [5.74, 6) is -1.08. The van der Waals surface area contributed by atoms with Crippen molar-refractivity contribution in [3.63, 3.8) is 0 Å². The molecule has 1 atom stereocenters. The normalized spacial score (nSPS) is 10.7. The Morgan fingerprint density at radius 2 is 2.00 bits per heavy atom. The number of methoxy groups -OCH3 is 1. The zero-order valence-electron chi connectivity index (χ0n) is 9.89. The minimum atomic E-state index is -2.45. The third kappa shape index (κ3) is 6.35. The summed E-state index contributed by atoms with van der Waals surface area (Å²) < 4.78 is 26.4. The second-order valence-corrected chi connectivity index (χ2v) is 3.68. The van der Waals surface area contributed by atoms with Crippen molar-refractivity contribution in [3.05, 3.63) is 23.8 Å². The number of hydrogen-bond acceptors (Lipinski definition) is 5. The van der Waals surface area contributed by atoms with E-state index in [4.69, 9.17) is 4.74 Å². The van der Waals surface area contributed by atoms with E-state index >= 15 is 0 Å². The van der Waals surface area contributed by atoms with Gasteiger partial charge in [0.05, 0.1) is 12.0 Å². The number of carbonyl (C=O) groups excluding carboxylic acids is 1. The van der Waals surface area contributed by atoms with Gasteiger partial charge in [-0.3, -0.25) is 4.21 Å². The van der Waals surface area contributed by atoms with E-state index in [2.05, 4.69) is 0 Å². The van der Waals surface area contributed by atoms with Crippen LogP contribution in [0.2, 0.25) is 0 Å². The van der Waals surface area contributed by atoms with Gasteiger partial charge < -0.3 is 19.2 Å². The molecule has 1 aromatic rings. The van der Waals surface area contributed by atoms with Crippen LogP contribution in [0.5, 0.6) is 5.75 Å². The summed E-state index contributed by atoms with van der Waals surface area (Å²) >= 11 is -2.45. The molecule has 0 saturated carbocycles. The van der Waals surface area contributed by atoms with Crippen LogP contribution in [0.15, 0.2) is 23.1 Å². The van der Waals surface area contributed by atoms with Gasteiger partial charge in [-0.2, -0.15) is 0 Å². The van der Waals surface area contributed by atoms with Crippen molar-refractivity contribution in [1.82, 2.24) is 0 Å². The maximum absolute atomic E-state index is 10.8. The van der Waals surface area contributed by atoms with Crippen LogP contribution in [-0.2, 0) is 22.3 Å². The van der Waals surface area contributed by atoms with Gasteiger partial charge in [0.2, 0.25) is 0 Å². The molecule has 1 rings (SSSR count). The first-order valence-corrected chi connectivity index (χ1v) is 5.08. The standard InChI is InChI=1S/C9H10O5S.2Na/c1-14-7-3-2-6(5-9(10)11)4-8(7)15(12)13;;/h2-4H,5H2,1H3,(H,10,11)(H,12,13);;/q;2*+1/p-2. The summed E-state index contributed by atoms with van der Waals surface area (Å²) in [7, 11) is 1.34. The molecular formula is C9H8Na2O5S. The summed E-state index contributed by atoms with van der Waals surface area (Å²) in [6.45, 7) is 0. The van der Waals surface area contributed by atoms with Crippen LogP contribution >= 0.6 is 0 Å². The molecule has 0 amide bonds. The van der Waals surface area contributed by atoms with Gasteiger partial charge in [-0.25, -0.2) is 0 Å². The van der Waals surface area contributed by atoms with Gasteiger partial charge in [0.25, 0.3) is 0 Å².